The van der Waals surface area contributed by atoms with Crippen molar-refractivity contribution in [2.45, 2.75) is 12.8 Å². The molecule has 0 unspecified atom stereocenters. The van der Waals surface area contributed by atoms with Crippen molar-refractivity contribution in [1.82, 2.24) is 19.9 Å². The zero-order valence-corrected chi connectivity index (χ0v) is 15.1. The Morgan fingerprint density at radius 2 is 2.12 bits per heavy atom. The number of hydrogen-bond donors (Lipinski definition) is 0. The van der Waals surface area contributed by atoms with Crippen molar-refractivity contribution >= 4 is 5.82 Å². The van der Waals surface area contributed by atoms with E-state index >= 15 is 0 Å². The van der Waals surface area contributed by atoms with E-state index in [1.54, 1.807) is 6.33 Å². The van der Waals surface area contributed by atoms with Gasteiger partial charge >= 0.3 is 0 Å². The van der Waals surface area contributed by atoms with Crippen LogP contribution in [0, 0.1) is 5.92 Å². The van der Waals surface area contributed by atoms with Crippen LogP contribution in [0.3, 0.4) is 0 Å². The van der Waals surface area contributed by atoms with Gasteiger partial charge in [0.05, 0.1) is 13.2 Å². The summed E-state index contributed by atoms with van der Waals surface area (Å²) in [7, 11) is 4.00. The molecule has 3 heterocycles. The van der Waals surface area contributed by atoms with E-state index in [0.29, 0.717) is 5.92 Å². The molecule has 1 fully saturated rings. The molecule has 0 radical (unpaired) electrons. The maximum atomic E-state index is 5.83. The maximum Gasteiger partial charge on any atom is 0.131 e. The second kappa shape index (κ2) is 8.87. The monoisotopic (exact) mass is 341 g/mol. The molecule has 0 bridgehead atoms. The zero-order chi connectivity index (χ0) is 17.5. The van der Waals surface area contributed by atoms with Crippen LogP contribution in [-0.4, -0.2) is 66.8 Å². The van der Waals surface area contributed by atoms with E-state index in [1.165, 1.54) is 0 Å². The number of anilines is 1. The SMILES string of the molecule is CN(C)c1cc(C[C@H]2COCCN(CCc3ccccn3)C2)ncn1. The third-order valence-corrected chi connectivity index (χ3v) is 4.50. The Morgan fingerprint density at radius 3 is 2.92 bits per heavy atom. The molecule has 6 heteroatoms. The van der Waals surface area contributed by atoms with Crippen molar-refractivity contribution in [3.63, 3.8) is 0 Å². The second-order valence-corrected chi connectivity index (χ2v) is 6.78. The van der Waals surface area contributed by atoms with Gasteiger partial charge in [-0.3, -0.25) is 4.98 Å². The molecule has 1 atom stereocenters. The molecule has 2 aromatic heterocycles. The first-order valence-corrected chi connectivity index (χ1v) is 8.89. The first kappa shape index (κ1) is 17.8. The Hall–Kier alpha value is -2.05. The average Bonchev–Trinajstić information content (AvgIpc) is 2.86. The van der Waals surface area contributed by atoms with Crippen molar-refractivity contribution in [2.24, 2.45) is 5.92 Å². The molecule has 0 N–H and O–H groups in total. The summed E-state index contributed by atoms with van der Waals surface area (Å²) >= 11 is 0. The Bertz CT molecular complexity index is 649. The lowest BCUT2D eigenvalue weighted by molar-refractivity contribution is 0.121. The molecule has 1 aliphatic rings. The minimum Gasteiger partial charge on any atom is -0.380 e. The average molecular weight is 341 g/mol. The Labute approximate surface area is 149 Å². The van der Waals surface area contributed by atoms with Gasteiger partial charge in [0, 0.05) is 69.7 Å². The van der Waals surface area contributed by atoms with Gasteiger partial charge in [-0.2, -0.15) is 0 Å². The number of nitrogens with zero attached hydrogens (tertiary/aromatic N) is 5. The van der Waals surface area contributed by atoms with Crippen LogP contribution in [0.2, 0.25) is 0 Å². The molecule has 0 saturated carbocycles. The quantitative estimate of drug-likeness (QED) is 0.797. The molecular weight excluding hydrogens is 314 g/mol. The van der Waals surface area contributed by atoms with Crippen molar-refractivity contribution in [3.8, 4) is 0 Å². The maximum absolute atomic E-state index is 5.83. The van der Waals surface area contributed by atoms with Gasteiger partial charge in [-0.05, 0) is 18.6 Å². The van der Waals surface area contributed by atoms with E-state index in [-0.39, 0.29) is 0 Å². The van der Waals surface area contributed by atoms with Gasteiger partial charge in [0.25, 0.3) is 0 Å². The second-order valence-electron chi connectivity index (χ2n) is 6.78. The molecule has 0 amide bonds. The summed E-state index contributed by atoms with van der Waals surface area (Å²) in [5.41, 5.74) is 2.23. The predicted molar refractivity (Wildman–Crippen MR) is 98.8 cm³/mol. The topological polar surface area (TPSA) is 54.4 Å². The van der Waals surface area contributed by atoms with Gasteiger partial charge < -0.3 is 14.5 Å². The summed E-state index contributed by atoms with van der Waals surface area (Å²) in [6.07, 6.45) is 5.41. The lowest BCUT2D eigenvalue weighted by Crippen LogP contribution is -2.33. The molecule has 6 nitrogen and oxygen atoms in total. The zero-order valence-electron chi connectivity index (χ0n) is 15.1. The van der Waals surface area contributed by atoms with Crippen LogP contribution in [0.25, 0.3) is 0 Å². The van der Waals surface area contributed by atoms with Crippen LogP contribution in [0.1, 0.15) is 11.4 Å². The lowest BCUT2D eigenvalue weighted by Gasteiger charge is -2.23. The van der Waals surface area contributed by atoms with E-state index < -0.39 is 0 Å². The number of rotatable bonds is 6. The van der Waals surface area contributed by atoms with Crippen LogP contribution in [0.5, 0.6) is 0 Å². The van der Waals surface area contributed by atoms with Gasteiger partial charge in [0.2, 0.25) is 0 Å². The van der Waals surface area contributed by atoms with Crippen LogP contribution in [0.4, 0.5) is 5.82 Å². The summed E-state index contributed by atoms with van der Waals surface area (Å²) in [6, 6.07) is 8.18. The highest BCUT2D eigenvalue weighted by atomic mass is 16.5. The Kier molecular flexibility index (Phi) is 6.30. The number of aromatic nitrogens is 3. The fourth-order valence-corrected chi connectivity index (χ4v) is 3.14. The highest BCUT2D eigenvalue weighted by Gasteiger charge is 2.20. The molecule has 0 aliphatic carbocycles. The summed E-state index contributed by atoms with van der Waals surface area (Å²) in [5.74, 6) is 1.41. The van der Waals surface area contributed by atoms with Crippen LogP contribution in [-0.2, 0) is 17.6 Å². The molecule has 3 rings (SSSR count). The Balaban J connectivity index is 1.57. The molecule has 0 spiro atoms. The lowest BCUT2D eigenvalue weighted by atomic mass is 10.0. The van der Waals surface area contributed by atoms with Gasteiger partial charge in [-0.15, -0.1) is 0 Å². The van der Waals surface area contributed by atoms with E-state index in [4.69, 9.17) is 4.74 Å². The van der Waals surface area contributed by atoms with Crippen molar-refractivity contribution in [2.75, 3.05) is 51.8 Å². The van der Waals surface area contributed by atoms with Gasteiger partial charge in [0.1, 0.15) is 12.1 Å². The van der Waals surface area contributed by atoms with Crippen LogP contribution in [0.15, 0.2) is 36.8 Å². The van der Waals surface area contributed by atoms with Crippen LogP contribution >= 0.6 is 0 Å². The van der Waals surface area contributed by atoms with E-state index in [9.17, 15) is 0 Å². The highest BCUT2D eigenvalue weighted by Crippen LogP contribution is 2.15. The highest BCUT2D eigenvalue weighted by molar-refractivity contribution is 5.36. The molecule has 2 aromatic rings. The smallest absolute Gasteiger partial charge is 0.131 e. The predicted octanol–water partition coefficient (Wildman–Crippen LogP) is 1.67. The normalized spacial score (nSPS) is 18.7. The number of pyridine rings is 1. The standard InChI is InChI=1S/C19H27N5O/c1-23(2)19-12-18(21-15-22-19)11-16-13-24(9-10-25-14-16)8-6-17-5-3-4-7-20-17/h3-5,7,12,15-16H,6,8-11,13-14H2,1-2H3/t16-/m1/s1. The first-order valence-electron chi connectivity index (χ1n) is 8.89. The Morgan fingerprint density at radius 1 is 1.20 bits per heavy atom. The third-order valence-electron chi connectivity index (χ3n) is 4.50. The summed E-state index contributed by atoms with van der Waals surface area (Å²) in [6.45, 7) is 4.63. The van der Waals surface area contributed by atoms with E-state index in [1.807, 2.05) is 37.3 Å². The summed E-state index contributed by atoms with van der Waals surface area (Å²) in [4.78, 5) is 17.7. The largest absolute Gasteiger partial charge is 0.380 e. The summed E-state index contributed by atoms with van der Waals surface area (Å²) < 4.78 is 5.83. The number of ether oxygens (including phenoxy) is 1. The van der Waals surface area contributed by atoms with E-state index in [2.05, 4.69) is 32.0 Å². The minimum atomic E-state index is 0.455. The third kappa shape index (κ3) is 5.47. The van der Waals surface area contributed by atoms with Gasteiger partial charge in [0.15, 0.2) is 0 Å². The summed E-state index contributed by atoms with van der Waals surface area (Å²) in [5, 5.41) is 0. The molecule has 0 aromatic carbocycles. The fraction of sp³-hybridized carbons (Fsp3) is 0.526. The van der Waals surface area contributed by atoms with Crippen molar-refractivity contribution in [1.29, 1.82) is 0 Å². The molecule has 134 valence electrons. The molecule has 25 heavy (non-hydrogen) atoms. The van der Waals surface area contributed by atoms with Crippen molar-refractivity contribution < 1.29 is 4.74 Å². The minimum absolute atomic E-state index is 0.455. The number of hydrogen-bond acceptors (Lipinski definition) is 6. The molecule has 1 aliphatic heterocycles. The van der Waals surface area contributed by atoms with Gasteiger partial charge in [-0.1, -0.05) is 6.07 Å². The van der Waals surface area contributed by atoms with Crippen LogP contribution < -0.4 is 4.90 Å². The fourth-order valence-electron chi connectivity index (χ4n) is 3.14. The molecular formula is C19H27N5O. The molecule has 1 saturated heterocycles. The first-order chi connectivity index (χ1) is 12.2. The van der Waals surface area contributed by atoms with E-state index in [0.717, 1.165) is 62.9 Å². The van der Waals surface area contributed by atoms with Gasteiger partial charge in [-0.25, -0.2) is 9.97 Å². The van der Waals surface area contributed by atoms with Crippen molar-refractivity contribution in [3.05, 3.63) is 48.2 Å².